The van der Waals surface area contributed by atoms with Crippen molar-refractivity contribution < 1.29 is 4.92 Å². The molecule has 1 fully saturated rings. The topological polar surface area (TPSA) is 55.2 Å². The molecule has 4 nitrogen and oxygen atoms in total. The van der Waals surface area contributed by atoms with E-state index in [1.54, 1.807) is 18.2 Å². The molecule has 92 valence electrons. The van der Waals surface area contributed by atoms with Crippen LogP contribution < -0.4 is 5.32 Å². The van der Waals surface area contributed by atoms with Crippen molar-refractivity contribution in [3.8, 4) is 0 Å². The minimum atomic E-state index is -0.330. The quantitative estimate of drug-likeness (QED) is 0.607. The molecule has 1 unspecified atom stereocenters. The van der Waals surface area contributed by atoms with Crippen molar-refractivity contribution in [1.82, 2.24) is 5.32 Å². The lowest BCUT2D eigenvalue weighted by Gasteiger charge is -2.18. The molecule has 0 aromatic heterocycles. The molecule has 4 heteroatoms. The highest BCUT2D eigenvalue weighted by Gasteiger charge is 2.25. The molecular formula is C13H18N2O2. The smallest absolute Gasteiger partial charge is 0.269 e. The van der Waals surface area contributed by atoms with Crippen molar-refractivity contribution in [3.05, 3.63) is 39.9 Å². The second-order valence-electron chi connectivity index (χ2n) is 4.63. The number of nitro benzene ring substituents is 1. The first kappa shape index (κ1) is 12.0. The molecule has 1 aliphatic rings. The van der Waals surface area contributed by atoms with Crippen LogP contribution in [0.1, 0.15) is 44.2 Å². The normalized spacial score (nSPS) is 16.8. The van der Waals surface area contributed by atoms with E-state index < -0.39 is 0 Å². The lowest BCUT2D eigenvalue weighted by molar-refractivity contribution is -0.384. The van der Waals surface area contributed by atoms with E-state index >= 15 is 0 Å². The predicted octanol–water partition coefficient (Wildman–Crippen LogP) is 3.19. The minimum Gasteiger partial charge on any atom is -0.307 e. The van der Waals surface area contributed by atoms with Gasteiger partial charge in [-0.05, 0) is 24.8 Å². The first-order valence-electron chi connectivity index (χ1n) is 6.21. The SMILES string of the molecule is CCCC(NC1CC1)c1cccc([N+](=O)[O-])c1. The minimum absolute atomic E-state index is 0.182. The molecule has 1 N–H and O–H groups in total. The van der Waals surface area contributed by atoms with Gasteiger partial charge in [-0.3, -0.25) is 10.1 Å². The van der Waals surface area contributed by atoms with E-state index in [-0.39, 0.29) is 16.7 Å². The summed E-state index contributed by atoms with van der Waals surface area (Å²) in [6.45, 7) is 2.14. The zero-order chi connectivity index (χ0) is 12.3. The fourth-order valence-corrected chi connectivity index (χ4v) is 2.02. The molecule has 1 saturated carbocycles. The number of nitrogens with one attached hydrogen (secondary N) is 1. The Morgan fingerprint density at radius 2 is 2.29 bits per heavy atom. The highest BCUT2D eigenvalue weighted by atomic mass is 16.6. The number of nitro groups is 1. The molecule has 0 radical (unpaired) electrons. The number of hydrogen-bond acceptors (Lipinski definition) is 3. The summed E-state index contributed by atoms with van der Waals surface area (Å²) >= 11 is 0. The van der Waals surface area contributed by atoms with E-state index in [0.29, 0.717) is 6.04 Å². The Balaban J connectivity index is 2.15. The van der Waals surface area contributed by atoms with Crippen molar-refractivity contribution >= 4 is 5.69 Å². The van der Waals surface area contributed by atoms with Crippen molar-refractivity contribution in [2.75, 3.05) is 0 Å². The van der Waals surface area contributed by atoms with Crippen molar-refractivity contribution in [3.63, 3.8) is 0 Å². The zero-order valence-electron chi connectivity index (χ0n) is 10.1. The number of non-ortho nitro benzene ring substituents is 1. The first-order valence-corrected chi connectivity index (χ1v) is 6.21. The van der Waals surface area contributed by atoms with E-state index in [1.165, 1.54) is 12.8 Å². The maximum Gasteiger partial charge on any atom is 0.269 e. The van der Waals surface area contributed by atoms with Gasteiger partial charge in [-0.2, -0.15) is 0 Å². The molecule has 0 saturated heterocycles. The largest absolute Gasteiger partial charge is 0.307 e. The van der Waals surface area contributed by atoms with Crippen molar-refractivity contribution in [2.45, 2.75) is 44.7 Å². The third-order valence-electron chi connectivity index (χ3n) is 3.07. The van der Waals surface area contributed by atoms with Gasteiger partial charge in [0, 0.05) is 24.2 Å². The lowest BCUT2D eigenvalue weighted by Crippen LogP contribution is -2.23. The number of hydrogen-bond donors (Lipinski definition) is 1. The molecule has 0 heterocycles. The molecule has 1 aromatic carbocycles. The van der Waals surface area contributed by atoms with E-state index in [9.17, 15) is 10.1 Å². The summed E-state index contributed by atoms with van der Waals surface area (Å²) < 4.78 is 0. The van der Waals surface area contributed by atoms with Gasteiger partial charge in [0.05, 0.1) is 4.92 Å². The molecular weight excluding hydrogens is 216 g/mol. The molecule has 0 amide bonds. The Morgan fingerprint density at radius 3 is 2.88 bits per heavy atom. The fourth-order valence-electron chi connectivity index (χ4n) is 2.02. The molecule has 0 bridgehead atoms. The van der Waals surface area contributed by atoms with Crippen LogP contribution in [0, 0.1) is 10.1 Å². The summed E-state index contributed by atoms with van der Waals surface area (Å²) in [5, 5.41) is 14.3. The third kappa shape index (κ3) is 3.27. The van der Waals surface area contributed by atoms with Crippen LogP contribution in [-0.4, -0.2) is 11.0 Å². The Labute approximate surface area is 101 Å². The summed E-state index contributed by atoms with van der Waals surface area (Å²) in [5.74, 6) is 0. The Morgan fingerprint density at radius 1 is 1.53 bits per heavy atom. The van der Waals surface area contributed by atoms with Gasteiger partial charge in [0.15, 0.2) is 0 Å². The average molecular weight is 234 g/mol. The van der Waals surface area contributed by atoms with Crippen LogP contribution in [0.3, 0.4) is 0 Å². The van der Waals surface area contributed by atoms with Gasteiger partial charge >= 0.3 is 0 Å². The monoisotopic (exact) mass is 234 g/mol. The maximum absolute atomic E-state index is 10.8. The maximum atomic E-state index is 10.8. The van der Waals surface area contributed by atoms with Gasteiger partial charge in [0.2, 0.25) is 0 Å². The molecule has 2 rings (SSSR count). The molecule has 1 aliphatic carbocycles. The predicted molar refractivity (Wildman–Crippen MR) is 66.9 cm³/mol. The van der Waals surface area contributed by atoms with Gasteiger partial charge in [-0.1, -0.05) is 25.5 Å². The van der Waals surface area contributed by atoms with E-state index in [2.05, 4.69) is 12.2 Å². The van der Waals surface area contributed by atoms with Gasteiger partial charge in [-0.15, -0.1) is 0 Å². The standard InChI is InChI=1S/C13H18N2O2/c1-2-4-13(14-11-7-8-11)10-5-3-6-12(9-10)15(16)17/h3,5-6,9,11,13-14H,2,4,7-8H2,1H3. The molecule has 17 heavy (non-hydrogen) atoms. The Kier molecular flexibility index (Phi) is 3.74. The summed E-state index contributed by atoms with van der Waals surface area (Å²) in [6, 6.07) is 7.85. The first-order chi connectivity index (χ1) is 8.20. The van der Waals surface area contributed by atoms with Crippen LogP contribution in [0.5, 0.6) is 0 Å². The summed E-state index contributed by atoms with van der Waals surface area (Å²) in [7, 11) is 0. The van der Waals surface area contributed by atoms with Crippen LogP contribution in [0.2, 0.25) is 0 Å². The molecule has 1 atom stereocenters. The van der Waals surface area contributed by atoms with E-state index in [0.717, 1.165) is 18.4 Å². The van der Waals surface area contributed by atoms with Crippen LogP contribution in [0.15, 0.2) is 24.3 Å². The van der Waals surface area contributed by atoms with Crippen LogP contribution >= 0.6 is 0 Å². The lowest BCUT2D eigenvalue weighted by atomic mass is 10.0. The van der Waals surface area contributed by atoms with Crippen LogP contribution in [0.25, 0.3) is 0 Å². The highest BCUT2D eigenvalue weighted by molar-refractivity contribution is 5.35. The van der Waals surface area contributed by atoms with E-state index in [4.69, 9.17) is 0 Å². The second kappa shape index (κ2) is 5.27. The highest BCUT2D eigenvalue weighted by Crippen LogP contribution is 2.28. The van der Waals surface area contributed by atoms with Crippen molar-refractivity contribution in [1.29, 1.82) is 0 Å². The van der Waals surface area contributed by atoms with Crippen LogP contribution in [-0.2, 0) is 0 Å². The van der Waals surface area contributed by atoms with Crippen molar-refractivity contribution in [2.24, 2.45) is 0 Å². The molecule has 0 spiro atoms. The van der Waals surface area contributed by atoms with Gasteiger partial charge in [0.1, 0.15) is 0 Å². The second-order valence-corrected chi connectivity index (χ2v) is 4.63. The van der Waals surface area contributed by atoms with Gasteiger partial charge in [-0.25, -0.2) is 0 Å². The summed E-state index contributed by atoms with van der Waals surface area (Å²) in [6.07, 6.45) is 4.56. The summed E-state index contributed by atoms with van der Waals surface area (Å²) in [5.41, 5.74) is 1.22. The number of benzene rings is 1. The van der Waals surface area contributed by atoms with Crippen LogP contribution in [0.4, 0.5) is 5.69 Å². The Bertz CT molecular complexity index is 402. The fraction of sp³-hybridized carbons (Fsp3) is 0.538. The van der Waals surface area contributed by atoms with Gasteiger partial charge < -0.3 is 5.32 Å². The number of nitrogens with zero attached hydrogens (tertiary/aromatic N) is 1. The zero-order valence-corrected chi connectivity index (χ0v) is 10.1. The summed E-state index contributed by atoms with van der Waals surface area (Å²) in [4.78, 5) is 10.4. The van der Waals surface area contributed by atoms with Gasteiger partial charge in [0.25, 0.3) is 5.69 Å². The Hall–Kier alpha value is -1.42. The molecule has 0 aliphatic heterocycles. The molecule has 1 aromatic rings. The number of rotatable bonds is 6. The third-order valence-corrected chi connectivity index (χ3v) is 3.07. The van der Waals surface area contributed by atoms with E-state index in [1.807, 2.05) is 6.07 Å². The average Bonchev–Trinajstić information content (AvgIpc) is 3.12.